The zero-order valence-corrected chi connectivity index (χ0v) is 15.8. The van der Waals surface area contributed by atoms with Crippen molar-refractivity contribution in [1.29, 1.82) is 0 Å². The van der Waals surface area contributed by atoms with Crippen LogP contribution in [0.15, 0.2) is 104 Å². The number of allylic oxidation sites excluding steroid dienone is 2. The molecule has 0 bridgehead atoms. The Morgan fingerprint density at radius 1 is 0.893 bits per heavy atom. The third kappa shape index (κ3) is 4.38. The molecule has 0 N–H and O–H groups in total. The lowest BCUT2D eigenvalue weighted by molar-refractivity contribution is -0.159. The standard InChI is InChI=1S/C25H24O3/c1-3-18-27-24(26)25(28-19-4-2)16-14-23(15-17-25)22-12-10-21(11-13-22)20-8-6-5-7-9-20/h3-17,23H,1-2,18-19H2. The number of hydrogen-bond donors (Lipinski definition) is 0. The zero-order chi connectivity index (χ0) is 19.8. The Labute approximate surface area is 166 Å². The highest BCUT2D eigenvalue weighted by Gasteiger charge is 2.38. The second-order valence-corrected chi connectivity index (χ2v) is 6.51. The van der Waals surface area contributed by atoms with Gasteiger partial charge in [-0.25, -0.2) is 4.79 Å². The van der Waals surface area contributed by atoms with E-state index in [0.717, 1.165) is 5.56 Å². The Morgan fingerprint density at radius 2 is 1.50 bits per heavy atom. The van der Waals surface area contributed by atoms with Crippen LogP contribution >= 0.6 is 0 Å². The highest BCUT2D eigenvalue weighted by Crippen LogP contribution is 2.31. The quantitative estimate of drug-likeness (QED) is 0.470. The molecule has 2 aromatic rings. The molecule has 0 aromatic heterocycles. The number of rotatable bonds is 8. The maximum Gasteiger partial charge on any atom is 0.346 e. The van der Waals surface area contributed by atoms with Crippen LogP contribution in [0.3, 0.4) is 0 Å². The van der Waals surface area contributed by atoms with Crippen LogP contribution in [-0.4, -0.2) is 24.8 Å². The van der Waals surface area contributed by atoms with E-state index in [1.807, 2.05) is 30.4 Å². The van der Waals surface area contributed by atoms with Gasteiger partial charge in [0.25, 0.3) is 0 Å². The molecule has 1 aliphatic carbocycles. The lowest BCUT2D eigenvalue weighted by Crippen LogP contribution is -2.40. The summed E-state index contributed by atoms with van der Waals surface area (Å²) in [7, 11) is 0. The van der Waals surface area contributed by atoms with Gasteiger partial charge in [0, 0.05) is 5.92 Å². The van der Waals surface area contributed by atoms with E-state index in [4.69, 9.17) is 9.47 Å². The molecule has 3 heteroatoms. The number of hydrogen-bond acceptors (Lipinski definition) is 3. The molecule has 0 unspecified atom stereocenters. The van der Waals surface area contributed by atoms with Crippen LogP contribution in [0.25, 0.3) is 11.1 Å². The second-order valence-electron chi connectivity index (χ2n) is 6.51. The first-order valence-corrected chi connectivity index (χ1v) is 9.25. The molecule has 0 radical (unpaired) electrons. The fourth-order valence-corrected chi connectivity index (χ4v) is 3.10. The van der Waals surface area contributed by atoms with Crippen LogP contribution < -0.4 is 0 Å². The van der Waals surface area contributed by atoms with Crippen LogP contribution in [0, 0.1) is 0 Å². The number of benzene rings is 2. The molecule has 0 saturated carbocycles. The summed E-state index contributed by atoms with van der Waals surface area (Å²) in [5.41, 5.74) is 2.27. The Kier molecular flexibility index (Phi) is 6.41. The minimum absolute atomic E-state index is 0.0671. The Morgan fingerprint density at radius 3 is 2.11 bits per heavy atom. The average Bonchev–Trinajstić information content (AvgIpc) is 2.77. The van der Waals surface area contributed by atoms with Gasteiger partial charge in [0.15, 0.2) is 0 Å². The maximum atomic E-state index is 12.5. The molecular formula is C25H24O3. The van der Waals surface area contributed by atoms with Crippen LogP contribution in [0.4, 0.5) is 0 Å². The smallest absolute Gasteiger partial charge is 0.346 e. The van der Waals surface area contributed by atoms with Gasteiger partial charge in [0.05, 0.1) is 6.61 Å². The predicted molar refractivity (Wildman–Crippen MR) is 113 cm³/mol. The van der Waals surface area contributed by atoms with Crippen molar-refractivity contribution in [3.63, 3.8) is 0 Å². The molecule has 142 valence electrons. The van der Waals surface area contributed by atoms with Crippen molar-refractivity contribution in [3.05, 3.63) is 110 Å². The van der Waals surface area contributed by atoms with E-state index >= 15 is 0 Å². The summed E-state index contributed by atoms with van der Waals surface area (Å²) in [5.74, 6) is -0.392. The van der Waals surface area contributed by atoms with Crippen LogP contribution in [-0.2, 0) is 14.3 Å². The first-order valence-electron chi connectivity index (χ1n) is 9.25. The molecule has 0 spiro atoms. The predicted octanol–water partition coefficient (Wildman–Crippen LogP) is 5.23. The highest BCUT2D eigenvalue weighted by atomic mass is 16.6. The highest BCUT2D eigenvalue weighted by molar-refractivity contribution is 5.85. The monoisotopic (exact) mass is 372 g/mol. The third-order valence-corrected chi connectivity index (χ3v) is 4.60. The number of carbonyl (C=O) groups excluding carboxylic acids is 1. The summed E-state index contributed by atoms with van der Waals surface area (Å²) < 4.78 is 11.0. The van der Waals surface area contributed by atoms with Gasteiger partial charge >= 0.3 is 5.97 Å². The second kappa shape index (κ2) is 9.16. The van der Waals surface area contributed by atoms with Gasteiger partial charge in [0.2, 0.25) is 5.60 Å². The van der Waals surface area contributed by atoms with E-state index in [9.17, 15) is 4.79 Å². The van der Waals surface area contributed by atoms with Gasteiger partial charge in [0.1, 0.15) is 6.61 Å². The van der Waals surface area contributed by atoms with Crippen LogP contribution in [0.1, 0.15) is 11.5 Å². The lowest BCUT2D eigenvalue weighted by atomic mass is 9.87. The van der Waals surface area contributed by atoms with Gasteiger partial charge in [-0.05, 0) is 28.8 Å². The Hall–Kier alpha value is -3.17. The summed E-state index contributed by atoms with van der Waals surface area (Å²) >= 11 is 0. The van der Waals surface area contributed by atoms with Crippen LogP contribution in [0.2, 0.25) is 0 Å². The summed E-state index contributed by atoms with van der Waals surface area (Å²) in [5, 5.41) is 0. The molecule has 3 nitrogen and oxygen atoms in total. The van der Waals surface area contributed by atoms with Crippen molar-refractivity contribution in [3.8, 4) is 11.1 Å². The molecule has 0 fully saturated rings. The molecule has 1 aliphatic rings. The molecular weight excluding hydrogens is 348 g/mol. The molecule has 2 aromatic carbocycles. The first kappa shape index (κ1) is 19.6. The van der Waals surface area contributed by atoms with Crippen molar-refractivity contribution in [2.45, 2.75) is 11.5 Å². The van der Waals surface area contributed by atoms with E-state index < -0.39 is 11.6 Å². The summed E-state index contributed by atoms with van der Waals surface area (Å²) in [6, 6.07) is 18.7. The average molecular weight is 372 g/mol. The maximum absolute atomic E-state index is 12.5. The minimum Gasteiger partial charge on any atom is -0.459 e. The van der Waals surface area contributed by atoms with Crippen molar-refractivity contribution >= 4 is 5.97 Å². The van der Waals surface area contributed by atoms with Crippen molar-refractivity contribution in [2.75, 3.05) is 13.2 Å². The van der Waals surface area contributed by atoms with E-state index in [-0.39, 0.29) is 19.1 Å². The van der Waals surface area contributed by atoms with Crippen molar-refractivity contribution in [2.24, 2.45) is 0 Å². The number of ether oxygens (including phenoxy) is 2. The molecule has 0 aliphatic heterocycles. The van der Waals surface area contributed by atoms with Gasteiger partial charge in [-0.15, -0.1) is 6.58 Å². The number of carbonyl (C=O) groups is 1. The summed E-state index contributed by atoms with van der Waals surface area (Å²) in [6.07, 6.45) is 10.6. The fourth-order valence-electron chi connectivity index (χ4n) is 3.10. The summed E-state index contributed by atoms with van der Waals surface area (Å²) in [6.45, 7) is 7.61. The van der Waals surface area contributed by atoms with Crippen LogP contribution in [0.5, 0.6) is 0 Å². The Balaban J connectivity index is 1.77. The first-order chi connectivity index (χ1) is 13.7. The minimum atomic E-state index is -1.22. The molecule has 0 atom stereocenters. The largest absolute Gasteiger partial charge is 0.459 e. The SMILES string of the molecule is C=CCOC(=O)C1(OCC=C)C=CC(c2ccc(-c3ccccc3)cc2)C=C1. The van der Waals surface area contributed by atoms with Crippen molar-refractivity contribution in [1.82, 2.24) is 0 Å². The van der Waals surface area contributed by atoms with E-state index in [0.29, 0.717) is 0 Å². The van der Waals surface area contributed by atoms with Crippen molar-refractivity contribution < 1.29 is 14.3 Å². The molecule has 0 amide bonds. The molecule has 0 heterocycles. The zero-order valence-electron chi connectivity index (χ0n) is 15.8. The van der Waals surface area contributed by atoms with E-state index in [1.54, 1.807) is 18.2 Å². The van der Waals surface area contributed by atoms with Gasteiger partial charge < -0.3 is 9.47 Å². The normalized spacial score (nSPS) is 20.5. The summed E-state index contributed by atoms with van der Waals surface area (Å²) in [4.78, 5) is 12.5. The third-order valence-electron chi connectivity index (χ3n) is 4.60. The lowest BCUT2D eigenvalue weighted by Gasteiger charge is -2.28. The topological polar surface area (TPSA) is 35.5 Å². The van der Waals surface area contributed by atoms with E-state index in [2.05, 4.69) is 49.6 Å². The molecule has 28 heavy (non-hydrogen) atoms. The number of esters is 1. The molecule has 0 saturated heterocycles. The van der Waals surface area contributed by atoms with Gasteiger partial charge in [-0.1, -0.05) is 85.5 Å². The van der Waals surface area contributed by atoms with Gasteiger partial charge in [-0.3, -0.25) is 0 Å². The Bertz CT molecular complexity index is 862. The molecule has 3 rings (SSSR count). The fraction of sp³-hybridized carbons (Fsp3) is 0.160. The van der Waals surface area contributed by atoms with Gasteiger partial charge in [-0.2, -0.15) is 0 Å². The van der Waals surface area contributed by atoms with E-state index in [1.165, 1.54) is 17.2 Å².